The molecule has 0 saturated carbocycles. The number of hydrogen-bond acceptors (Lipinski definition) is 1. The average molecular weight is 916 g/mol. The van der Waals surface area contributed by atoms with Crippen molar-refractivity contribution in [3.63, 3.8) is 0 Å². The lowest BCUT2D eigenvalue weighted by molar-refractivity contribution is 0.768. The highest BCUT2D eigenvalue weighted by molar-refractivity contribution is 6.03. The smallest absolute Gasteiger partial charge is 0.0714 e. The largest absolute Gasteiger partial charge is 0.310 e. The van der Waals surface area contributed by atoms with Gasteiger partial charge < -0.3 is 4.90 Å². The van der Waals surface area contributed by atoms with Crippen molar-refractivity contribution in [1.29, 1.82) is 0 Å². The van der Waals surface area contributed by atoms with Gasteiger partial charge in [-0.2, -0.15) is 0 Å². The monoisotopic (exact) mass is 915 g/mol. The molecule has 0 amide bonds. The Balaban J connectivity index is 1.07. The van der Waals surface area contributed by atoms with Crippen LogP contribution in [0.5, 0.6) is 0 Å². The zero-order valence-electron chi connectivity index (χ0n) is 39.7. The topological polar surface area (TPSA) is 3.24 Å². The lowest BCUT2D eigenvalue weighted by Gasteiger charge is -2.35. The molecule has 0 atom stereocenters. The van der Waals surface area contributed by atoms with Gasteiger partial charge in [0.05, 0.1) is 11.1 Å². The van der Waals surface area contributed by atoms with Gasteiger partial charge in [0.25, 0.3) is 0 Å². The number of para-hydroxylation sites is 1. The molecule has 0 heterocycles. The molecule has 0 unspecified atom stereocenters. The van der Waals surface area contributed by atoms with E-state index in [2.05, 4.69) is 302 Å². The van der Waals surface area contributed by atoms with Gasteiger partial charge in [0.1, 0.15) is 0 Å². The van der Waals surface area contributed by atoms with Gasteiger partial charge in [-0.3, -0.25) is 0 Å². The Morgan fingerprint density at radius 2 is 0.722 bits per heavy atom. The van der Waals surface area contributed by atoms with Crippen molar-refractivity contribution >= 4 is 27.8 Å². The van der Waals surface area contributed by atoms with Gasteiger partial charge in [0, 0.05) is 16.9 Å². The molecule has 0 spiro atoms. The summed E-state index contributed by atoms with van der Waals surface area (Å²) in [5.41, 5.74) is 22.0. The van der Waals surface area contributed by atoms with Gasteiger partial charge >= 0.3 is 0 Å². The second-order valence-electron chi connectivity index (χ2n) is 18.7. The van der Waals surface area contributed by atoms with Crippen molar-refractivity contribution in [2.45, 2.75) is 5.41 Å². The number of hydrogen-bond donors (Lipinski definition) is 0. The predicted octanol–water partition coefficient (Wildman–Crippen LogP) is 19.0. The first-order valence-electron chi connectivity index (χ1n) is 24.9. The summed E-state index contributed by atoms with van der Waals surface area (Å²) >= 11 is 0. The average Bonchev–Trinajstić information content (AvgIpc) is 3.77. The molecule has 12 aromatic rings. The van der Waals surface area contributed by atoms with E-state index in [-0.39, 0.29) is 0 Å². The number of fused-ring (bicyclic) bond motifs is 4. The maximum atomic E-state index is 2.49. The molecule has 338 valence electrons. The lowest BCUT2D eigenvalue weighted by Crippen LogP contribution is -2.28. The molecule has 1 heteroatoms. The van der Waals surface area contributed by atoms with E-state index in [0.717, 1.165) is 28.2 Å². The maximum Gasteiger partial charge on any atom is 0.0714 e. The second-order valence-corrected chi connectivity index (χ2v) is 18.7. The van der Waals surface area contributed by atoms with Crippen LogP contribution in [-0.2, 0) is 5.41 Å². The van der Waals surface area contributed by atoms with E-state index in [4.69, 9.17) is 0 Å². The third kappa shape index (κ3) is 7.25. The zero-order valence-corrected chi connectivity index (χ0v) is 39.7. The Labute approximate surface area is 422 Å². The van der Waals surface area contributed by atoms with E-state index in [0.29, 0.717) is 0 Å². The van der Waals surface area contributed by atoms with E-state index in [9.17, 15) is 0 Å². The van der Waals surface area contributed by atoms with Crippen LogP contribution in [0.2, 0.25) is 0 Å². The van der Waals surface area contributed by atoms with Crippen molar-refractivity contribution in [3.05, 3.63) is 320 Å². The minimum atomic E-state index is -0.562. The molecule has 0 radical (unpaired) electrons. The summed E-state index contributed by atoms with van der Waals surface area (Å²) in [6.07, 6.45) is 0. The van der Waals surface area contributed by atoms with Crippen molar-refractivity contribution in [2.24, 2.45) is 0 Å². The number of benzene rings is 12. The molecule has 1 aliphatic carbocycles. The highest BCUT2D eigenvalue weighted by Gasteiger charge is 2.46. The molecule has 0 saturated heterocycles. The van der Waals surface area contributed by atoms with Crippen LogP contribution in [0, 0.1) is 0 Å². The van der Waals surface area contributed by atoms with Crippen molar-refractivity contribution in [3.8, 4) is 66.8 Å². The van der Waals surface area contributed by atoms with Crippen LogP contribution in [0.3, 0.4) is 0 Å². The summed E-state index contributed by atoms with van der Waals surface area (Å²) in [7, 11) is 0. The van der Waals surface area contributed by atoms with Gasteiger partial charge in [-0.15, -0.1) is 0 Å². The van der Waals surface area contributed by atoms with Crippen LogP contribution in [-0.4, -0.2) is 0 Å². The highest BCUT2D eigenvalue weighted by atomic mass is 15.1. The van der Waals surface area contributed by atoms with E-state index in [1.807, 2.05) is 0 Å². The van der Waals surface area contributed by atoms with Gasteiger partial charge in [0.2, 0.25) is 0 Å². The fraction of sp³-hybridized carbons (Fsp3) is 0.0141. The Kier molecular flexibility index (Phi) is 10.8. The van der Waals surface area contributed by atoms with Gasteiger partial charge in [0.15, 0.2) is 0 Å². The van der Waals surface area contributed by atoms with Crippen molar-refractivity contribution in [2.75, 3.05) is 4.90 Å². The Morgan fingerprint density at radius 3 is 1.42 bits per heavy atom. The molecular weight excluding hydrogens is 867 g/mol. The molecule has 12 aromatic carbocycles. The standard InChI is InChI=1S/C71H49N/c1-5-23-52(24-6-1)60-32-15-16-35-65(60)70-61(53-25-7-2-8-26-53)36-21-37-66(70)64-34-18-20-39-69(64)72(58-44-42-51(43-45-58)55-41-40-50-22-13-14-27-54(50)48-55)59-46-47-63-62-33-17-19-38-67(62)71(68(63)49-59,56-28-9-3-10-29-56)57-30-11-4-12-31-57/h1-49H. The summed E-state index contributed by atoms with van der Waals surface area (Å²) in [6.45, 7) is 0. The van der Waals surface area contributed by atoms with Crippen LogP contribution < -0.4 is 4.90 Å². The Bertz CT molecular complexity index is 3860. The normalized spacial score (nSPS) is 12.3. The molecule has 0 bridgehead atoms. The summed E-state index contributed by atoms with van der Waals surface area (Å²) in [5.74, 6) is 0. The molecule has 0 fully saturated rings. The molecule has 0 aliphatic heterocycles. The second kappa shape index (κ2) is 18.2. The van der Waals surface area contributed by atoms with Gasteiger partial charge in [-0.05, 0) is 131 Å². The first kappa shape index (κ1) is 42.8. The van der Waals surface area contributed by atoms with Crippen molar-refractivity contribution < 1.29 is 0 Å². The highest BCUT2D eigenvalue weighted by Crippen LogP contribution is 2.58. The van der Waals surface area contributed by atoms with Crippen LogP contribution in [0.1, 0.15) is 22.3 Å². The van der Waals surface area contributed by atoms with E-state index >= 15 is 0 Å². The lowest BCUT2D eigenvalue weighted by atomic mass is 9.67. The number of nitrogens with zero attached hydrogens (tertiary/aromatic N) is 1. The summed E-state index contributed by atoms with van der Waals surface area (Å²) in [5, 5.41) is 2.47. The van der Waals surface area contributed by atoms with Gasteiger partial charge in [-0.1, -0.05) is 261 Å². The van der Waals surface area contributed by atoms with Crippen LogP contribution >= 0.6 is 0 Å². The van der Waals surface area contributed by atoms with Crippen LogP contribution in [0.4, 0.5) is 17.1 Å². The fourth-order valence-electron chi connectivity index (χ4n) is 11.6. The molecular formula is C71H49N. The first-order valence-corrected chi connectivity index (χ1v) is 24.9. The SMILES string of the molecule is c1ccc(-c2ccccc2-c2c(-c3ccccc3)cccc2-c2ccccc2N(c2ccc(-c3ccc4ccccc4c3)cc2)c2ccc3c(c2)C(c2ccccc2)(c2ccccc2)c2ccccc2-3)cc1. The molecule has 1 nitrogen and oxygen atoms in total. The van der Waals surface area contributed by atoms with Crippen molar-refractivity contribution in [1.82, 2.24) is 0 Å². The third-order valence-corrected chi connectivity index (χ3v) is 14.8. The minimum absolute atomic E-state index is 0.562. The fourth-order valence-corrected chi connectivity index (χ4v) is 11.6. The first-order chi connectivity index (χ1) is 35.7. The number of anilines is 3. The van der Waals surface area contributed by atoms with Gasteiger partial charge in [-0.25, -0.2) is 0 Å². The summed E-state index contributed by atoms with van der Waals surface area (Å²) in [6, 6.07) is 109. The third-order valence-electron chi connectivity index (χ3n) is 14.8. The van der Waals surface area contributed by atoms with E-state index in [1.54, 1.807) is 0 Å². The van der Waals surface area contributed by atoms with Crippen LogP contribution in [0.15, 0.2) is 297 Å². The minimum Gasteiger partial charge on any atom is -0.310 e. The summed E-state index contributed by atoms with van der Waals surface area (Å²) in [4.78, 5) is 2.49. The van der Waals surface area contributed by atoms with Crippen LogP contribution in [0.25, 0.3) is 77.5 Å². The molecule has 13 rings (SSSR count). The predicted molar refractivity (Wildman–Crippen MR) is 303 cm³/mol. The summed E-state index contributed by atoms with van der Waals surface area (Å²) < 4.78 is 0. The number of rotatable bonds is 10. The quantitative estimate of drug-likeness (QED) is 0.132. The van der Waals surface area contributed by atoms with E-state index in [1.165, 1.54) is 88.7 Å². The Morgan fingerprint density at radius 1 is 0.236 bits per heavy atom. The molecule has 0 aromatic heterocycles. The zero-order chi connectivity index (χ0) is 47.8. The molecule has 1 aliphatic rings. The molecule has 0 N–H and O–H groups in total. The Hall–Kier alpha value is -9.30. The molecule has 72 heavy (non-hydrogen) atoms. The van der Waals surface area contributed by atoms with E-state index < -0.39 is 5.41 Å². The maximum absolute atomic E-state index is 2.49.